The average Bonchev–Trinajstić information content (AvgIpc) is 2.87. The zero-order chi connectivity index (χ0) is 25.2. The number of unbranched alkanes of at least 4 members (excludes halogenated alkanes) is 6. The Morgan fingerprint density at radius 2 is 1.43 bits per heavy atom. The van der Waals surface area contributed by atoms with Gasteiger partial charge in [-0.25, -0.2) is 8.78 Å². The average molecular weight is 488 g/mol. The van der Waals surface area contributed by atoms with Crippen LogP contribution in [0.1, 0.15) is 134 Å². The third kappa shape index (κ3) is 7.05. The first-order valence-corrected chi connectivity index (χ1v) is 14.0. The molecule has 2 aliphatic carbocycles. The third-order valence-corrected chi connectivity index (χ3v) is 8.54. The molecule has 0 spiro atoms. The van der Waals surface area contributed by atoms with E-state index < -0.39 is 22.6 Å². The molecule has 2 saturated carbocycles. The number of nitrogens with zero attached hydrogens (tertiary/aromatic N) is 1. The van der Waals surface area contributed by atoms with E-state index in [1.54, 1.807) is 6.07 Å². The third-order valence-electron chi connectivity index (χ3n) is 8.54. The number of halogens is 2. The Balaban J connectivity index is 1.69. The lowest BCUT2D eigenvalue weighted by molar-refractivity contribution is -0.157. The molecule has 35 heavy (non-hydrogen) atoms. The molecule has 0 heterocycles. The minimum Gasteiger partial charge on any atom is -0.464 e. The van der Waals surface area contributed by atoms with Crippen LogP contribution in [0.2, 0.25) is 0 Å². The summed E-state index contributed by atoms with van der Waals surface area (Å²) in [7, 11) is 0. The van der Waals surface area contributed by atoms with Crippen molar-refractivity contribution < 1.29 is 18.3 Å². The molecule has 1 aromatic carbocycles. The van der Waals surface area contributed by atoms with Crippen molar-refractivity contribution >= 4 is 5.97 Å². The highest BCUT2D eigenvalue weighted by Gasteiger charge is 2.45. The van der Waals surface area contributed by atoms with Gasteiger partial charge < -0.3 is 4.74 Å². The summed E-state index contributed by atoms with van der Waals surface area (Å²) in [4.78, 5) is 13.6. The summed E-state index contributed by atoms with van der Waals surface area (Å²) >= 11 is 0. The fourth-order valence-electron chi connectivity index (χ4n) is 6.30. The SMILES string of the molecule is CCCCCCCCCC1(COC(=O)C2(c3cc(F)c(C#N)c(F)c3)CCCCC2)CCCCC1. The van der Waals surface area contributed by atoms with Crippen molar-refractivity contribution in [2.75, 3.05) is 6.61 Å². The highest BCUT2D eigenvalue weighted by atomic mass is 19.1. The van der Waals surface area contributed by atoms with Crippen LogP contribution in [0.5, 0.6) is 0 Å². The number of hydrogen-bond acceptors (Lipinski definition) is 3. The van der Waals surface area contributed by atoms with Gasteiger partial charge in [-0.15, -0.1) is 0 Å². The van der Waals surface area contributed by atoms with Crippen LogP contribution < -0.4 is 0 Å². The Labute approximate surface area is 210 Å². The van der Waals surface area contributed by atoms with Gasteiger partial charge in [0.2, 0.25) is 0 Å². The van der Waals surface area contributed by atoms with Crippen molar-refractivity contribution in [1.29, 1.82) is 5.26 Å². The molecule has 0 bridgehead atoms. The molecule has 0 aromatic heterocycles. The monoisotopic (exact) mass is 487 g/mol. The number of carbonyl (C=O) groups is 1. The van der Waals surface area contributed by atoms with Gasteiger partial charge >= 0.3 is 5.97 Å². The number of ether oxygens (including phenoxy) is 1. The Bertz CT molecular complexity index is 841. The van der Waals surface area contributed by atoms with Crippen LogP contribution in [0.25, 0.3) is 0 Å². The van der Waals surface area contributed by atoms with E-state index in [-0.39, 0.29) is 11.4 Å². The number of esters is 1. The first kappa shape index (κ1) is 27.6. The standard InChI is InChI=1S/C30H43F2NO2/c1-2-3-4-5-6-7-10-15-29(16-11-8-12-17-29)23-35-28(34)30(18-13-9-14-19-30)24-20-26(31)25(22-33)27(32)21-24/h20-21H,2-19,23H2,1H3. The molecule has 2 aliphatic rings. The maximum atomic E-state index is 14.5. The van der Waals surface area contributed by atoms with E-state index in [0.717, 1.165) is 38.5 Å². The molecule has 0 saturated heterocycles. The molecule has 2 fully saturated rings. The second-order valence-corrected chi connectivity index (χ2v) is 11.1. The Morgan fingerprint density at radius 3 is 2.00 bits per heavy atom. The van der Waals surface area contributed by atoms with E-state index in [0.29, 0.717) is 25.0 Å². The predicted molar refractivity (Wildman–Crippen MR) is 135 cm³/mol. The molecule has 0 N–H and O–H groups in total. The van der Waals surface area contributed by atoms with Crippen LogP contribution >= 0.6 is 0 Å². The van der Waals surface area contributed by atoms with Gasteiger partial charge in [-0.1, -0.05) is 90.4 Å². The summed E-state index contributed by atoms with van der Waals surface area (Å²) < 4.78 is 35.1. The molecule has 3 rings (SSSR count). The zero-order valence-electron chi connectivity index (χ0n) is 21.6. The van der Waals surface area contributed by atoms with Crippen LogP contribution in [-0.4, -0.2) is 12.6 Å². The molecule has 0 aliphatic heterocycles. The lowest BCUT2D eigenvalue weighted by atomic mass is 9.68. The molecule has 5 heteroatoms. The molecule has 1 aromatic rings. The van der Waals surface area contributed by atoms with E-state index in [2.05, 4.69) is 6.92 Å². The topological polar surface area (TPSA) is 50.1 Å². The van der Waals surface area contributed by atoms with Gasteiger partial charge in [0, 0.05) is 5.41 Å². The summed E-state index contributed by atoms with van der Waals surface area (Å²) in [5.74, 6) is -2.14. The maximum absolute atomic E-state index is 14.5. The highest BCUT2D eigenvalue weighted by molar-refractivity contribution is 5.83. The molecule has 0 amide bonds. The normalized spacial score (nSPS) is 19.1. The lowest BCUT2D eigenvalue weighted by Crippen LogP contribution is -2.42. The van der Waals surface area contributed by atoms with Crippen LogP contribution in [0, 0.1) is 28.4 Å². The quantitative estimate of drug-likeness (QED) is 0.219. The van der Waals surface area contributed by atoms with E-state index in [1.807, 2.05) is 0 Å². The summed E-state index contributed by atoms with van der Waals surface area (Å²) in [5, 5.41) is 9.05. The second kappa shape index (κ2) is 13.4. The van der Waals surface area contributed by atoms with E-state index in [9.17, 15) is 13.6 Å². The molecular formula is C30H43F2NO2. The number of benzene rings is 1. The van der Waals surface area contributed by atoms with Gasteiger partial charge in [0.15, 0.2) is 0 Å². The Morgan fingerprint density at radius 1 is 0.886 bits per heavy atom. The van der Waals surface area contributed by atoms with E-state index in [4.69, 9.17) is 10.00 Å². The van der Waals surface area contributed by atoms with Crippen LogP contribution in [0.15, 0.2) is 12.1 Å². The lowest BCUT2D eigenvalue weighted by Gasteiger charge is -2.40. The van der Waals surface area contributed by atoms with Gasteiger partial charge in [-0.05, 0) is 49.8 Å². The number of nitriles is 1. The van der Waals surface area contributed by atoms with Crippen molar-refractivity contribution in [3.63, 3.8) is 0 Å². The summed E-state index contributed by atoms with van der Waals surface area (Å²) in [5.41, 5.74) is -1.26. The summed E-state index contributed by atoms with van der Waals surface area (Å²) in [6, 6.07) is 3.95. The number of hydrogen-bond donors (Lipinski definition) is 0. The van der Waals surface area contributed by atoms with Crippen molar-refractivity contribution in [3.8, 4) is 6.07 Å². The van der Waals surface area contributed by atoms with E-state index in [1.165, 1.54) is 76.3 Å². The number of rotatable bonds is 12. The van der Waals surface area contributed by atoms with Crippen molar-refractivity contribution in [2.45, 2.75) is 128 Å². The minimum atomic E-state index is -1.02. The highest BCUT2D eigenvalue weighted by Crippen LogP contribution is 2.44. The fourth-order valence-corrected chi connectivity index (χ4v) is 6.30. The van der Waals surface area contributed by atoms with Crippen LogP contribution in [-0.2, 0) is 14.9 Å². The van der Waals surface area contributed by atoms with Crippen LogP contribution in [0.3, 0.4) is 0 Å². The first-order valence-electron chi connectivity index (χ1n) is 14.0. The molecule has 0 atom stereocenters. The zero-order valence-corrected chi connectivity index (χ0v) is 21.6. The number of carbonyl (C=O) groups excluding carboxylic acids is 1. The smallest absolute Gasteiger partial charge is 0.316 e. The van der Waals surface area contributed by atoms with Crippen molar-refractivity contribution in [2.24, 2.45) is 5.41 Å². The Hall–Kier alpha value is -1.96. The van der Waals surface area contributed by atoms with Gasteiger partial charge in [0.05, 0.1) is 12.0 Å². The predicted octanol–water partition coefficient (Wildman–Crippen LogP) is 8.67. The molecular weight excluding hydrogens is 444 g/mol. The summed E-state index contributed by atoms with van der Waals surface area (Å²) in [6.07, 6.45) is 19.4. The van der Waals surface area contributed by atoms with Crippen LogP contribution in [0.4, 0.5) is 8.78 Å². The minimum absolute atomic E-state index is 0.0361. The Kier molecular flexibility index (Phi) is 10.6. The maximum Gasteiger partial charge on any atom is 0.316 e. The van der Waals surface area contributed by atoms with Crippen molar-refractivity contribution in [1.82, 2.24) is 0 Å². The van der Waals surface area contributed by atoms with Gasteiger partial charge in [0.25, 0.3) is 0 Å². The molecule has 194 valence electrons. The fraction of sp³-hybridized carbons (Fsp3) is 0.733. The molecule has 0 radical (unpaired) electrons. The second-order valence-electron chi connectivity index (χ2n) is 11.1. The van der Waals surface area contributed by atoms with Gasteiger partial charge in [-0.2, -0.15) is 5.26 Å². The molecule has 3 nitrogen and oxygen atoms in total. The largest absolute Gasteiger partial charge is 0.464 e. The van der Waals surface area contributed by atoms with Gasteiger partial charge in [0.1, 0.15) is 23.3 Å². The van der Waals surface area contributed by atoms with Gasteiger partial charge in [-0.3, -0.25) is 4.79 Å². The molecule has 0 unspecified atom stereocenters. The first-order chi connectivity index (χ1) is 17.0. The summed E-state index contributed by atoms with van der Waals surface area (Å²) in [6.45, 7) is 2.64. The van der Waals surface area contributed by atoms with Crippen molar-refractivity contribution in [3.05, 3.63) is 34.9 Å². The van der Waals surface area contributed by atoms with E-state index >= 15 is 0 Å².